The van der Waals surface area contributed by atoms with Gasteiger partial charge >= 0.3 is 11.9 Å². The van der Waals surface area contributed by atoms with Gasteiger partial charge in [-0.1, -0.05) is 18.2 Å². The predicted octanol–water partition coefficient (Wildman–Crippen LogP) is 2.54. The number of hydrogen-bond donors (Lipinski definition) is 2. The summed E-state index contributed by atoms with van der Waals surface area (Å²) in [5, 5.41) is 16.4. The lowest BCUT2D eigenvalue weighted by molar-refractivity contribution is -0.159. The van der Waals surface area contributed by atoms with Crippen molar-refractivity contribution in [3.8, 4) is 0 Å². The molecule has 0 saturated carbocycles. The first kappa shape index (κ1) is 17.6. The van der Waals surface area contributed by atoms with E-state index in [4.69, 9.17) is 19.8 Å². The van der Waals surface area contributed by atoms with Gasteiger partial charge in [-0.25, -0.2) is 9.59 Å². The van der Waals surface area contributed by atoms with E-state index in [2.05, 4.69) is 51.1 Å². The van der Waals surface area contributed by atoms with Crippen LogP contribution in [0.25, 0.3) is 0 Å². The van der Waals surface area contributed by atoms with Crippen LogP contribution in [0.4, 0.5) is 0 Å². The Labute approximate surface area is 114 Å². The smallest absolute Gasteiger partial charge is 0.414 e. The number of carbonyl (C=O) groups is 2. The lowest BCUT2D eigenvalue weighted by Crippen LogP contribution is -2.17. The van der Waals surface area contributed by atoms with Crippen molar-refractivity contribution >= 4 is 24.5 Å². The standard InChI is InChI=1S/C12H20P.C2H2O4/c1-4-13(5-2,6-3)12-10-8-7-9-11-12;3-1(4)2(5)6/h7-11H,4-6H2,1-3H3;(H,3,4)(H,5,6)/q+1;. The Morgan fingerprint density at radius 1 is 0.895 bits per heavy atom. The predicted molar refractivity (Wildman–Crippen MR) is 79.9 cm³/mol. The van der Waals surface area contributed by atoms with Gasteiger partial charge in [-0.2, -0.15) is 0 Å². The van der Waals surface area contributed by atoms with Crippen molar-refractivity contribution in [3.63, 3.8) is 0 Å². The van der Waals surface area contributed by atoms with Crippen molar-refractivity contribution in [2.75, 3.05) is 18.5 Å². The summed E-state index contributed by atoms with van der Waals surface area (Å²) in [4.78, 5) is 18.2. The molecule has 2 N–H and O–H groups in total. The maximum absolute atomic E-state index is 9.10. The maximum atomic E-state index is 9.10. The minimum absolute atomic E-state index is 0.791. The molecular formula is C14H22O4P+. The van der Waals surface area contributed by atoms with Gasteiger partial charge in [-0.3, -0.25) is 0 Å². The van der Waals surface area contributed by atoms with Crippen LogP contribution in [-0.2, 0) is 9.59 Å². The zero-order chi connectivity index (χ0) is 14.9. The van der Waals surface area contributed by atoms with Gasteiger partial charge in [-0.05, 0) is 32.9 Å². The van der Waals surface area contributed by atoms with Crippen LogP contribution in [0.5, 0.6) is 0 Å². The van der Waals surface area contributed by atoms with Crippen LogP contribution in [0.3, 0.4) is 0 Å². The van der Waals surface area contributed by atoms with Gasteiger partial charge in [0.25, 0.3) is 0 Å². The van der Waals surface area contributed by atoms with Crippen molar-refractivity contribution in [2.45, 2.75) is 20.8 Å². The average molecular weight is 285 g/mol. The van der Waals surface area contributed by atoms with E-state index in [0.717, 1.165) is 0 Å². The van der Waals surface area contributed by atoms with Crippen molar-refractivity contribution in [1.82, 2.24) is 0 Å². The van der Waals surface area contributed by atoms with E-state index in [1.54, 1.807) is 5.30 Å². The van der Waals surface area contributed by atoms with E-state index in [0.29, 0.717) is 0 Å². The van der Waals surface area contributed by atoms with Crippen molar-refractivity contribution < 1.29 is 19.8 Å². The molecular weight excluding hydrogens is 263 g/mol. The summed E-state index contributed by atoms with van der Waals surface area (Å²) in [6, 6.07) is 11.1. The van der Waals surface area contributed by atoms with Crippen molar-refractivity contribution in [3.05, 3.63) is 30.3 Å². The summed E-state index contributed by atoms with van der Waals surface area (Å²) in [5.74, 6) is -3.65. The first-order valence-electron chi connectivity index (χ1n) is 6.31. The van der Waals surface area contributed by atoms with Crippen LogP contribution >= 0.6 is 7.26 Å². The van der Waals surface area contributed by atoms with E-state index in [9.17, 15) is 0 Å². The summed E-state index contributed by atoms with van der Waals surface area (Å²) in [7, 11) is -0.791. The third-order valence-electron chi connectivity index (χ3n) is 3.30. The molecule has 0 bridgehead atoms. The van der Waals surface area contributed by atoms with Gasteiger partial charge in [0.1, 0.15) is 0 Å². The molecule has 0 aliphatic heterocycles. The third-order valence-corrected chi connectivity index (χ3v) is 8.33. The first-order valence-corrected chi connectivity index (χ1v) is 8.65. The Morgan fingerprint density at radius 2 is 1.26 bits per heavy atom. The number of rotatable bonds is 4. The largest absolute Gasteiger partial charge is 0.473 e. The number of aliphatic carboxylic acids is 2. The Bertz CT molecular complexity index is 379. The topological polar surface area (TPSA) is 74.6 Å². The SMILES string of the molecule is CC[P+](CC)(CC)c1ccccc1.O=C(O)C(=O)O. The van der Waals surface area contributed by atoms with E-state index in [1.807, 2.05) is 0 Å². The lowest BCUT2D eigenvalue weighted by atomic mass is 10.4. The Hall–Kier alpha value is -1.41. The summed E-state index contributed by atoms with van der Waals surface area (Å²) >= 11 is 0. The monoisotopic (exact) mass is 285 g/mol. The molecule has 0 aliphatic carbocycles. The maximum Gasteiger partial charge on any atom is 0.414 e. The quantitative estimate of drug-likeness (QED) is 0.658. The fourth-order valence-electron chi connectivity index (χ4n) is 1.96. The fraction of sp³-hybridized carbons (Fsp3) is 0.429. The van der Waals surface area contributed by atoms with E-state index >= 15 is 0 Å². The van der Waals surface area contributed by atoms with Gasteiger partial charge in [0.15, 0.2) is 0 Å². The summed E-state index contributed by atoms with van der Waals surface area (Å²) in [5.41, 5.74) is 0. The third kappa shape index (κ3) is 5.39. The van der Waals surface area contributed by atoms with Gasteiger partial charge in [0.05, 0.1) is 23.8 Å². The molecule has 0 heterocycles. The number of benzene rings is 1. The lowest BCUT2D eigenvalue weighted by Gasteiger charge is -2.23. The molecule has 1 aromatic rings. The molecule has 4 nitrogen and oxygen atoms in total. The highest BCUT2D eigenvalue weighted by atomic mass is 31.2. The van der Waals surface area contributed by atoms with Gasteiger partial charge in [0, 0.05) is 7.26 Å². The minimum atomic E-state index is -1.82. The number of carboxylic acids is 2. The van der Waals surface area contributed by atoms with Crippen LogP contribution in [0.15, 0.2) is 30.3 Å². The molecule has 1 rings (SSSR count). The summed E-state index contributed by atoms with van der Waals surface area (Å²) in [6.45, 7) is 7.02. The summed E-state index contributed by atoms with van der Waals surface area (Å²) in [6.07, 6.45) is 4.05. The van der Waals surface area contributed by atoms with Crippen LogP contribution in [0.1, 0.15) is 20.8 Å². The Morgan fingerprint density at radius 3 is 1.53 bits per heavy atom. The molecule has 1 aromatic carbocycles. The zero-order valence-corrected chi connectivity index (χ0v) is 12.6. The first-order chi connectivity index (χ1) is 8.93. The molecule has 106 valence electrons. The Kier molecular flexibility index (Phi) is 8.01. The van der Waals surface area contributed by atoms with Gasteiger partial charge in [-0.15, -0.1) is 0 Å². The molecule has 0 aromatic heterocycles. The Balaban J connectivity index is 0.000000459. The van der Waals surface area contributed by atoms with Crippen molar-refractivity contribution in [2.24, 2.45) is 0 Å². The van der Waals surface area contributed by atoms with Crippen LogP contribution in [-0.4, -0.2) is 40.6 Å². The van der Waals surface area contributed by atoms with Crippen LogP contribution < -0.4 is 5.30 Å². The fourth-order valence-corrected chi connectivity index (χ4v) is 5.20. The molecule has 0 atom stereocenters. The molecule has 0 aliphatic rings. The highest BCUT2D eigenvalue weighted by molar-refractivity contribution is 7.82. The van der Waals surface area contributed by atoms with Gasteiger partial charge < -0.3 is 10.2 Å². The molecule has 5 heteroatoms. The number of carboxylic acid groups (broad SMARTS) is 2. The highest BCUT2D eigenvalue weighted by Gasteiger charge is 2.33. The molecule has 0 amide bonds. The molecule has 0 spiro atoms. The molecule has 0 unspecified atom stereocenters. The molecule has 19 heavy (non-hydrogen) atoms. The van der Waals surface area contributed by atoms with Crippen LogP contribution in [0.2, 0.25) is 0 Å². The van der Waals surface area contributed by atoms with Crippen LogP contribution in [0, 0.1) is 0 Å². The van der Waals surface area contributed by atoms with E-state index in [-0.39, 0.29) is 0 Å². The van der Waals surface area contributed by atoms with Gasteiger partial charge in [0.2, 0.25) is 0 Å². The molecule has 0 saturated heterocycles. The second kappa shape index (κ2) is 8.65. The second-order valence-electron chi connectivity index (χ2n) is 4.04. The molecule has 0 fully saturated rings. The molecule has 0 radical (unpaired) electrons. The normalized spacial score (nSPS) is 10.3. The minimum Gasteiger partial charge on any atom is -0.473 e. The zero-order valence-electron chi connectivity index (χ0n) is 11.7. The average Bonchev–Trinajstić information content (AvgIpc) is 2.43. The second-order valence-corrected chi connectivity index (χ2v) is 8.74. The van der Waals surface area contributed by atoms with Crippen molar-refractivity contribution in [1.29, 1.82) is 0 Å². The van der Waals surface area contributed by atoms with E-state index < -0.39 is 19.2 Å². The number of hydrogen-bond acceptors (Lipinski definition) is 2. The highest BCUT2D eigenvalue weighted by Crippen LogP contribution is 2.56. The van der Waals surface area contributed by atoms with E-state index in [1.165, 1.54) is 18.5 Å². The summed E-state index contributed by atoms with van der Waals surface area (Å²) < 4.78 is 0.